The predicted molar refractivity (Wildman–Crippen MR) is 50.5 cm³/mol. The second-order valence-corrected chi connectivity index (χ2v) is 3.27. The summed E-state index contributed by atoms with van der Waals surface area (Å²) >= 11 is 0. The van der Waals surface area contributed by atoms with E-state index >= 15 is 0 Å². The molecule has 5 nitrogen and oxygen atoms in total. The number of nitrogens with zero attached hydrogens (tertiary/aromatic N) is 1. The van der Waals surface area contributed by atoms with E-state index in [1.165, 1.54) is 5.01 Å². The number of nitrogens with one attached hydrogen (secondary N) is 1. The van der Waals surface area contributed by atoms with E-state index < -0.39 is 12.0 Å². The maximum atomic E-state index is 11.5. The molecule has 16 heavy (non-hydrogen) atoms. The van der Waals surface area contributed by atoms with E-state index in [2.05, 4.69) is 5.43 Å². The van der Waals surface area contributed by atoms with Gasteiger partial charge in [0.05, 0.1) is 24.1 Å². The smallest absolute Gasteiger partial charge is 0.548 e. The molecule has 1 atom stereocenters. The molecule has 0 spiro atoms. The summed E-state index contributed by atoms with van der Waals surface area (Å²) in [5.74, 6) is -1.53. The van der Waals surface area contributed by atoms with Crippen LogP contribution in [0.2, 0.25) is 0 Å². The van der Waals surface area contributed by atoms with Gasteiger partial charge in [0.2, 0.25) is 5.91 Å². The predicted octanol–water partition coefficient (Wildman–Crippen LogP) is -3.95. The minimum absolute atomic E-state index is 0. The Morgan fingerprint density at radius 3 is 2.50 bits per heavy atom. The molecule has 1 unspecified atom stereocenters. The fraction of sp³-hybridized carbons (Fsp3) is 0.200. The zero-order valence-corrected chi connectivity index (χ0v) is 10.8. The number of hydrogen-bond acceptors (Lipinski definition) is 4. The van der Waals surface area contributed by atoms with Gasteiger partial charge in [-0.25, -0.2) is 10.4 Å². The number of rotatable bonds is 2. The monoisotopic (exact) mass is 228 g/mol. The molecule has 0 aliphatic carbocycles. The molecule has 1 aromatic rings. The van der Waals surface area contributed by atoms with Crippen molar-refractivity contribution in [1.82, 2.24) is 5.43 Å². The van der Waals surface area contributed by atoms with Crippen LogP contribution < -0.4 is 45.1 Å². The molecular weight excluding hydrogens is 219 g/mol. The van der Waals surface area contributed by atoms with Crippen LogP contribution in [0, 0.1) is 0 Å². The van der Waals surface area contributed by atoms with Crippen molar-refractivity contribution in [3.05, 3.63) is 30.3 Å². The zero-order valence-electron chi connectivity index (χ0n) is 8.84. The van der Waals surface area contributed by atoms with Gasteiger partial charge in [0.15, 0.2) is 0 Å². The summed E-state index contributed by atoms with van der Waals surface area (Å²) in [6.07, 6.45) is -0.0722. The Hall–Kier alpha value is -0.880. The number of para-hydroxylation sites is 1. The molecule has 1 N–H and O–H groups in total. The first-order valence-corrected chi connectivity index (χ1v) is 4.53. The van der Waals surface area contributed by atoms with Crippen LogP contribution in [0.5, 0.6) is 0 Å². The van der Waals surface area contributed by atoms with Crippen LogP contribution in [-0.2, 0) is 9.59 Å². The average Bonchev–Trinajstić information content (AvgIpc) is 2.62. The fourth-order valence-electron chi connectivity index (χ4n) is 1.47. The van der Waals surface area contributed by atoms with Crippen LogP contribution in [0.1, 0.15) is 6.42 Å². The molecule has 1 amide bonds. The number of benzene rings is 1. The third kappa shape index (κ3) is 2.62. The summed E-state index contributed by atoms with van der Waals surface area (Å²) < 4.78 is 0. The standard InChI is InChI=1S/C10H10N2O3.Na/c13-9-6-8(10(14)15)11-12(9)7-4-2-1-3-5-7;/h1-5,8,11H,6H2,(H,14,15);/q;+1/p-1. The van der Waals surface area contributed by atoms with Crippen LogP contribution >= 0.6 is 0 Å². The normalized spacial score (nSPS) is 19.4. The minimum atomic E-state index is -1.26. The van der Waals surface area contributed by atoms with Gasteiger partial charge in [-0.2, -0.15) is 0 Å². The number of carboxylic acid groups (broad SMARTS) is 1. The second-order valence-electron chi connectivity index (χ2n) is 3.27. The Kier molecular flexibility index (Phi) is 4.49. The van der Waals surface area contributed by atoms with Gasteiger partial charge < -0.3 is 9.90 Å². The number of carbonyl (C=O) groups is 2. The van der Waals surface area contributed by atoms with E-state index in [1.54, 1.807) is 24.3 Å². The molecule has 1 fully saturated rings. The zero-order chi connectivity index (χ0) is 10.8. The van der Waals surface area contributed by atoms with E-state index in [0.717, 1.165) is 0 Å². The van der Waals surface area contributed by atoms with E-state index in [4.69, 9.17) is 0 Å². The first-order chi connectivity index (χ1) is 7.18. The number of hydrogen-bond donors (Lipinski definition) is 1. The van der Waals surface area contributed by atoms with Crippen molar-refractivity contribution in [3.8, 4) is 0 Å². The summed E-state index contributed by atoms with van der Waals surface area (Å²) in [4.78, 5) is 22.0. The topological polar surface area (TPSA) is 72.5 Å². The molecule has 1 aliphatic heterocycles. The van der Waals surface area contributed by atoms with Gasteiger partial charge in [0, 0.05) is 0 Å². The van der Waals surface area contributed by atoms with Crippen molar-refractivity contribution in [1.29, 1.82) is 0 Å². The van der Waals surface area contributed by atoms with Crippen molar-refractivity contribution in [2.24, 2.45) is 0 Å². The van der Waals surface area contributed by atoms with Gasteiger partial charge in [0.25, 0.3) is 0 Å². The molecule has 78 valence electrons. The number of carboxylic acids is 1. The third-order valence-electron chi connectivity index (χ3n) is 2.21. The van der Waals surface area contributed by atoms with Crippen molar-refractivity contribution >= 4 is 17.6 Å². The Bertz CT molecular complexity index is 396. The van der Waals surface area contributed by atoms with Crippen molar-refractivity contribution in [2.45, 2.75) is 12.5 Å². The summed E-state index contributed by atoms with van der Waals surface area (Å²) in [5, 5.41) is 11.8. The molecular formula is C10H9N2NaO3. The van der Waals surface area contributed by atoms with E-state index in [-0.39, 0.29) is 41.9 Å². The Morgan fingerprint density at radius 2 is 2.00 bits per heavy atom. The van der Waals surface area contributed by atoms with Crippen LogP contribution in [0.3, 0.4) is 0 Å². The van der Waals surface area contributed by atoms with E-state index in [1.807, 2.05) is 6.07 Å². The Labute approximate surface area is 115 Å². The van der Waals surface area contributed by atoms with Gasteiger partial charge in [-0.05, 0) is 12.1 Å². The minimum Gasteiger partial charge on any atom is -0.548 e. The molecule has 0 saturated carbocycles. The van der Waals surface area contributed by atoms with Gasteiger partial charge in [-0.1, -0.05) is 18.2 Å². The molecule has 1 saturated heterocycles. The number of amides is 1. The van der Waals surface area contributed by atoms with Gasteiger partial charge >= 0.3 is 29.6 Å². The number of anilines is 1. The quantitative estimate of drug-likeness (QED) is 0.524. The maximum absolute atomic E-state index is 11.5. The van der Waals surface area contributed by atoms with Crippen molar-refractivity contribution in [2.75, 3.05) is 5.01 Å². The fourth-order valence-corrected chi connectivity index (χ4v) is 1.47. The SMILES string of the molecule is O=C([O-])C1CC(=O)N(c2ccccc2)N1.[Na+]. The molecule has 0 radical (unpaired) electrons. The number of aliphatic carboxylic acids is 1. The Morgan fingerprint density at radius 1 is 1.38 bits per heavy atom. The van der Waals surface area contributed by atoms with Crippen LogP contribution in [0.25, 0.3) is 0 Å². The number of hydrazine groups is 1. The molecule has 1 aliphatic rings. The van der Waals surface area contributed by atoms with Crippen molar-refractivity contribution < 1.29 is 44.3 Å². The summed E-state index contributed by atoms with van der Waals surface area (Å²) in [5.41, 5.74) is 3.21. The molecule has 6 heteroatoms. The van der Waals surface area contributed by atoms with Crippen LogP contribution in [0.15, 0.2) is 30.3 Å². The van der Waals surface area contributed by atoms with Gasteiger partial charge in [-0.15, -0.1) is 0 Å². The second kappa shape index (κ2) is 5.45. The molecule has 0 bridgehead atoms. The van der Waals surface area contributed by atoms with Crippen LogP contribution in [-0.4, -0.2) is 17.9 Å². The first-order valence-electron chi connectivity index (χ1n) is 4.53. The van der Waals surface area contributed by atoms with Gasteiger partial charge in [0.1, 0.15) is 0 Å². The number of carbonyl (C=O) groups excluding carboxylic acids is 2. The van der Waals surface area contributed by atoms with E-state index in [0.29, 0.717) is 5.69 Å². The van der Waals surface area contributed by atoms with Gasteiger partial charge in [-0.3, -0.25) is 4.79 Å². The largest absolute Gasteiger partial charge is 1.00 e. The molecule has 2 rings (SSSR count). The maximum Gasteiger partial charge on any atom is 1.00 e. The van der Waals surface area contributed by atoms with E-state index in [9.17, 15) is 14.7 Å². The Balaban J connectivity index is 0.00000128. The average molecular weight is 228 g/mol. The summed E-state index contributed by atoms with van der Waals surface area (Å²) in [6, 6.07) is 7.89. The van der Waals surface area contributed by atoms with Crippen molar-refractivity contribution in [3.63, 3.8) is 0 Å². The first kappa shape index (κ1) is 13.2. The third-order valence-corrected chi connectivity index (χ3v) is 2.21. The molecule has 0 aromatic heterocycles. The summed E-state index contributed by atoms with van der Waals surface area (Å²) in [6.45, 7) is 0. The summed E-state index contributed by atoms with van der Waals surface area (Å²) in [7, 11) is 0. The van der Waals surface area contributed by atoms with Crippen LogP contribution in [0.4, 0.5) is 5.69 Å². The molecule has 1 heterocycles. The molecule has 1 aromatic carbocycles.